The van der Waals surface area contributed by atoms with E-state index in [2.05, 4.69) is 5.16 Å². The van der Waals surface area contributed by atoms with Crippen molar-refractivity contribution in [3.8, 4) is 0 Å². The van der Waals surface area contributed by atoms with Gasteiger partial charge in [-0.25, -0.2) is 9.18 Å². The highest BCUT2D eigenvalue weighted by atomic mass is 19.1. The van der Waals surface area contributed by atoms with E-state index >= 15 is 0 Å². The number of rotatable bonds is 2. The van der Waals surface area contributed by atoms with Gasteiger partial charge in [0.1, 0.15) is 5.82 Å². The molecule has 5 heteroatoms. The average molecular weight is 183 g/mol. The molecule has 0 aliphatic carbocycles. The van der Waals surface area contributed by atoms with Crippen LogP contribution in [0.1, 0.15) is 15.9 Å². The first kappa shape index (κ1) is 9.18. The van der Waals surface area contributed by atoms with Crippen LogP contribution in [0.3, 0.4) is 0 Å². The zero-order valence-electron chi connectivity index (χ0n) is 6.44. The molecule has 0 saturated heterocycles. The summed E-state index contributed by atoms with van der Waals surface area (Å²) < 4.78 is 12.9. The van der Waals surface area contributed by atoms with Crippen molar-refractivity contribution in [2.75, 3.05) is 0 Å². The largest absolute Gasteiger partial charge is 0.478 e. The summed E-state index contributed by atoms with van der Waals surface area (Å²) >= 11 is 0. The standard InChI is InChI=1S/C8H6FNO3/c9-7-3-5(4-10-13)1-2-6(7)8(11)12/h1-4,13H,(H,11,12)/b10-4+. The maximum Gasteiger partial charge on any atom is 0.338 e. The zero-order valence-corrected chi connectivity index (χ0v) is 6.44. The van der Waals surface area contributed by atoms with Gasteiger partial charge in [-0.3, -0.25) is 0 Å². The first-order chi connectivity index (χ1) is 6.15. The van der Waals surface area contributed by atoms with Gasteiger partial charge in [-0.2, -0.15) is 0 Å². The van der Waals surface area contributed by atoms with Crippen LogP contribution < -0.4 is 0 Å². The Bertz CT molecular complexity index is 362. The predicted octanol–water partition coefficient (Wildman–Crippen LogP) is 1.33. The summed E-state index contributed by atoms with van der Waals surface area (Å²) in [6, 6.07) is 3.42. The van der Waals surface area contributed by atoms with Gasteiger partial charge in [-0.05, 0) is 17.7 Å². The minimum absolute atomic E-state index is 0.296. The van der Waals surface area contributed by atoms with Crippen molar-refractivity contribution in [3.05, 3.63) is 35.1 Å². The van der Waals surface area contributed by atoms with E-state index in [1.54, 1.807) is 0 Å². The topological polar surface area (TPSA) is 69.9 Å². The van der Waals surface area contributed by atoms with Gasteiger partial charge in [0, 0.05) is 0 Å². The Labute approximate surface area is 72.9 Å². The molecule has 0 aliphatic rings. The van der Waals surface area contributed by atoms with Crippen LogP contribution in [0.5, 0.6) is 0 Å². The fourth-order valence-electron chi connectivity index (χ4n) is 0.852. The van der Waals surface area contributed by atoms with E-state index in [9.17, 15) is 9.18 Å². The second-order valence-corrected chi connectivity index (χ2v) is 2.29. The lowest BCUT2D eigenvalue weighted by Gasteiger charge is -1.97. The summed E-state index contributed by atoms with van der Waals surface area (Å²) in [6.45, 7) is 0. The summed E-state index contributed by atoms with van der Waals surface area (Å²) in [7, 11) is 0. The molecule has 0 bridgehead atoms. The van der Waals surface area contributed by atoms with Crippen LogP contribution in [0.4, 0.5) is 4.39 Å². The van der Waals surface area contributed by atoms with Crippen molar-refractivity contribution in [2.24, 2.45) is 5.16 Å². The minimum atomic E-state index is -1.33. The molecular weight excluding hydrogens is 177 g/mol. The maximum absolute atomic E-state index is 12.9. The average Bonchev–Trinajstić information content (AvgIpc) is 2.04. The number of benzene rings is 1. The summed E-state index contributed by atoms with van der Waals surface area (Å²) in [6.07, 6.45) is 1.01. The lowest BCUT2D eigenvalue weighted by molar-refractivity contribution is 0.0692. The van der Waals surface area contributed by atoms with E-state index < -0.39 is 17.3 Å². The maximum atomic E-state index is 12.9. The first-order valence-electron chi connectivity index (χ1n) is 3.35. The van der Waals surface area contributed by atoms with Crippen LogP contribution >= 0.6 is 0 Å². The molecule has 0 fully saturated rings. The molecule has 0 saturated carbocycles. The SMILES string of the molecule is O=C(O)c1ccc(/C=N/O)cc1F. The Kier molecular flexibility index (Phi) is 2.59. The van der Waals surface area contributed by atoms with E-state index in [0.717, 1.165) is 18.3 Å². The molecule has 0 spiro atoms. The van der Waals surface area contributed by atoms with Gasteiger partial charge in [0.05, 0.1) is 11.8 Å². The third-order valence-corrected chi connectivity index (χ3v) is 1.43. The highest BCUT2D eigenvalue weighted by Crippen LogP contribution is 2.08. The molecule has 0 radical (unpaired) electrons. The number of oxime groups is 1. The van der Waals surface area contributed by atoms with Crippen molar-refractivity contribution in [1.29, 1.82) is 0 Å². The van der Waals surface area contributed by atoms with Gasteiger partial charge in [-0.15, -0.1) is 0 Å². The summed E-state index contributed by atoms with van der Waals surface area (Å²) in [5, 5.41) is 19.3. The third kappa shape index (κ3) is 2.02. The van der Waals surface area contributed by atoms with Crippen molar-refractivity contribution in [3.63, 3.8) is 0 Å². The fourth-order valence-corrected chi connectivity index (χ4v) is 0.852. The highest BCUT2D eigenvalue weighted by Gasteiger charge is 2.09. The molecule has 0 aliphatic heterocycles. The Morgan fingerprint density at radius 1 is 1.54 bits per heavy atom. The van der Waals surface area contributed by atoms with Gasteiger partial charge < -0.3 is 10.3 Å². The van der Waals surface area contributed by atoms with Gasteiger partial charge in [-0.1, -0.05) is 11.2 Å². The third-order valence-electron chi connectivity index (χ3n) is 1.43. The van der Waals surface area contributed by atoms with E-state index in [4.69, 9.17) is 10.3 Å². The van der Waals surface area contributed by atoms with Crippen molar-refractivity contribution in [1.82, 2.24) is 0 Å². The summed E-state index contributed by atoms with van der Waals surface area (Å²) in [5.74, 6) is -2.19. The van der Waals surface area contributed by atoms with Gasteiger partial charge in [0.25, 0.3) is 0 Å². The zero-order chi connectivity index (χ0) is 9.84. The van der Waals surface area contributed by atoms with Gasteiger partial charge in [0.2, 0.25) is 0 Å². The van der Waals surface area contributed by atoms with Crippen LogP contribution in [0.25, 0.3) is 0 Å². The van der Waals surface area contributed by atoms with Crippen LogP contribution in [0.15, 0.2) is 23.4 Å². The molecule has 13 heavy (non-hydrogen) atoms. The first-order valence-corrected chi connectivity index (χ1v) is 3.35. The van der Waals surface area contributed by atoms with Gasteiger partial charge in [0.15, 0.2) is 0 Å². The number of nitrogens with zero attached hydrogens (tertiary/aromatic N) is 1. The van der Waals surface area contributed by atoms with E-state index in [0.29, 0.717) is 5.56 Å². The van der Waals surface area contributed by atoms with Crippen molar-refractivity contribution >= 4 is 12.2 Å². The Morgan fingerprint density at radius 2 is 2.23 bits per heavy atom. The Hall–Kier alpha value is -1.91. The molecule has 0 unspecified atom stereocenters. The van der Waals surface area contributed by atoms with Crippen molar-refractivity contribution in [2.45, 2.75) is 0 Å². The van der Waals surface area contributed by atoms with Crippen molar-refractivity contribution < 1.29 is 19.5 Å². The molecule has 0 atom stereocenters. The number of aromatic carboxylic acids is 1. The van der Waals surface area contributed by atoms with Crippen LogP contribution in [-0.2, 0) is 0 Å². The number of carboxylic acid groups (broad SMARTS) is 1. The molecular formula is C8H6FNO3. The lowest BCUT2D eigenvalue weighted by atomic mass is 10.1. The highest BCUT2D eigenvalue weighted by molar-refractivity contribution is 5.89. The molecule has 1 rings (SSSR count). The van der Waals surface area contributed by atoms with E-state index in [-0.39, 0.29) is 0 Å². The molecule has 0 aromatic heterocycles. The Morgan fingerprint density at radius 3 is 2.69 bits per heavy atom. The van der Waals surface area contributed by atoms with E-state index in [1.165, 1.54) is 6.07 Å². The molecule has 2 N–H and O–H groups in total. The second kappa shape index (κ2) is 3.66. The monoisotopic (exact) mass is 183 g/mol. The number of hydrogen-bond donors (Lipinski definition) is 2. The Balaban J connectivity index is 3.12. The van der Waals surface area contributed by atoms with Crippen LogP contribution in [0.2, 0.25) is 0 Å². The number of carboxylic acids is 1. The van der Waals surface area contributed by atoms with Crippen LogP contribution in [0, 0.1) is 5.82 Å². The molecule has 68 valence electrons. The number of halogens is 1. The molecule has 0 heterocycles. The molecule has 4 nitrogen and oxygen atoms in total. The lowest BCUT2D eigenvalue weighted by Crippen LogP contribution is -2.00. The fraction of sp³-hybridized carbons (Fsp3) is 0. The molecule has 0 amide bonds. The summed E-state index contributed by atoms with van der Waals surface area (Å²) in [4.78, 5) is 10.4. The smallest absolute Gasteiger partial charge is 0.338 e. The number of carbonyl (C=O) groups is 1. The summed E-state index contributed by atoms with van der Waals surface area (Å²) in [5.41, 5.74) is -0.111. The number of hydrogen-bond acceptors (Lipinski definition) is 3. The minimum Gasteiger partial charge on any atom is -0.478 e. The van der Waals surface area contributed by atoms with Crippen LogP contribution in [-0.4, -0.2) is 22.5 Å². The van der Waals surface area contributed by atoms with Gasteiger partial charge >= 0.3 is 5.97 Å². The normalized spacial score (nSPS) is 10.5. The second-order valence-electron chi connectivity index (χ2n) is 2.29. The molecule has 1 aromatic carbocycles. The molecule has 1 aromatic rings. The predicted molar refractivity (Wildman–Crippen MR) is 42.7 cm³/mol. The van der Waals surface area contributed by atoms with E-state index in [1.807, 2.05) is 0 Å². The quantitative estimate of drug-likeness (QED) is 0.413.